The molecule has 0 fully saturated rings. The smallest absolute Gasteiger partial charge is 0.262 e. The van der Waals surface area contributed by atoms with Crippen molar-refractivity contribution in [1.29, 1.82) is 0 Å². The van der Waals surface area contributed by atoms with E-state index in [1.807, 2.05) is 31.4 Å². The molecule has 0 saturated heterocycles. The summed E-state index contributed by atoms with van der Waals surface area (Å²) >= 11 is 7.25. The van der Waals surface area contributed by atoms with Crippen LogP contribution in [0.15, 0.2) is 41.8 Å². The molecule has 0 unspecified atom stereocenters. The summed E-state index contributed by atoms with van der Waals surface area (Å²) in [7, 11) is 1.59. The summed E-state index contributed by atoms with van der Waals surface area (Å²) < 4.78 is 5.46. The van der Waals surface area contributed by atoms with Gasteiger partial charge in [-0.25, -0.2) is 0 Å². The molecule has 2 aromatic rings. The third kappa shape index (κ3) is 5.56. The lowest BCUT2D eigenvalue weighted by molar-refractivity contribution is -0.124. The number of benzene rings is 1. The fourth-order valence-corrected chi connectivity index (χ4v) is 3.23. The van der Waals surface area contributed by atoms with Gasteiger partial charge in [-0.3, -0.25) is 9.59 Å². The molecule has 2 atom stereocenters. The van der Waals surface area contributed by atoms with E-state index in [4.69, 9.17) is 16.3 Å². The van der Waals surface area contributed by atoms with Crippen molar-refractivity contribution in [3.8, 4) is 0 Å². The molecule has 140 valence electrons. The minimum atomic E-state index is -0.618. The van der Waals surface area contributed by atoms with Gasteiger partial charge >= 0.3 is 0 Å². The van der Waals surface area contributed by atoms with E-state index in [1.54, 1.807) is 31.4 Å². The zero-order valence-corrected chi connectivity index (χ0v) is 16.6. The molecule has 0 radical (unpaired) electrons. The molecule has 2 amide bonds. The second-order valence-electron chi connectivity index (χ2n) is 6.19. The van der Waals surface area contributed by atoms with E-state index in [1.165, 1.54) is 11.3 Å². The molecule has 1 aromatic carbocycles. The van der Waals surface area contributed by atoms with Gasteiger partial charge in [0.05, 0.1) is 11.0 Å². The van der Waals surface area contributed by atoms with Crippen LogP contribution in [0.2, 0.25) is 5.02 Å². The van der Waals surface area contributed by atoms with Gasteiger partial charge in [0.1, 0.15) is 6.04 Å². The van der Waals surface area contributed by atoms with Crippen molar-refractivity contribution >= 4 is 34.8 Å². The SMILES string of the molecule is CO[C@H](CNC(=O)[C@@H](NC(=O)c1cccs1)C(C)C)c1ccc(Cl)cc1. The lowest BCUT2D eigenvalue weighted by atomic mass is 10.0. The summed E-state index contributed by atoms with van der Waals surface area (Å²) in [5.74, 6) is -0.522. The van der Waals surface area contributed by atoms with Crippen molar-refractivity contribution in [3.05, 3.63) is 57.2 Å². The summed E-state index contributed by atoms with van der Waals surface area (Å²) in [6.45, 7) is 4.09. The first-order valence-electron chi connectivity index (χ1n) is 8.32. The maximum absolute atomic E-state index is 12.6. The number of rotatable bonds is 8. The lowest BCUT2D eigenvalue weighted by Crippen LogP contribution is -2.50. The summed E-state index contributed by atoms with van der Waals surface area (Å²) in [5.41, 5.74) is 0.918. The number of methoxy groups -OCH3 is 1. The van der Waals surface area contributed by atoms with Crippen LogP contribution in [0.25, 0.3) is 0 Å². The summed E-state index contributed by atoms with van der Waals surface area (Å²) in [6.07, 6.45) is -0.294. The van der Waals surface area contributed by atoms with Gasteiger partial charge in [0.15, 0.2) is 0 Å². The monoisotopic (exact) mass is 394 g/mol. The molecule has 0 spiro atoms. The molecule has 26 heavy (non-hydrogen) atoms. The first-order chi connectivity index (χ1) is 12.4. The normalized spacial score (nSPS) is 13.3. The number of halogens is 1. The van der Waals surface area contributed by atoms with E-state index < -0.39 is 6.04 Å². The van der Waals surface area contributed by atoms with Crippen LogP contribution in [-0.4, -0.2) is 31.5 Å². The molecular weight excluding hydrogens is 372 g/mol. The molecule has 0 aliphatic carbocycles. The predicted octanol–water partition coefficient (Wildman–Crippen LogP) is 3.66. The van der Waals surface area contributed by atoms with E-state index in [0.29, 0.717) is 16.4 Å². The number of thiophene rings is 1. The van der Waals surface area contributed by atoms with Gasteiger partial charge in [-0.2, -0.15) is 0 Å². The Kier molecular flexibility index (Phi) is 7.63. The van der Waals surface area contributed by atoms with Gasteiger partial charge in [0.25, 0.3) is 5.91 Å². The summed E-state index contributed by atoms with van der Waals surface area (Å²) in [4.78, 5) is 25.4. The highest BCUT2D eigenvalue weighted by Gasteiger charge is 2.25. The molecule has 0 saturated carbocycles. The van der Waals surface area contributed by atoms with Crippen molar-refractivity contribution < 1.29 is 14.3 Å². The van der Waals surface area contributed by atoms with Crippen LogP contribution in [0.3, 0.4) is 0 Å². The molecule has 1 heterocycles. The number of amides is 2. The van der Waals surface area contributed by atoms with Gasteiger partial charge in [-0.1, -0.05) is 43.6 Å². The third-order valence-electron chi connectivity index (χ3n) is 3.97. The largest absolute Gasteiger partial charge is 0.375 e. The minimum absolute atomic E-state index is 0.0459. The average Bonchev–Trinajstić information content (AvgIpc) is 3.15. The van der Waals surface area contributed by atoms with Crippen LogP contribution in [0.5, 0.6) is 0 Å². The van der Waals surface area contributed by atoms with E-state index in [0.717, 1.165) is 5.56 Å². The van der Waals surface area contributed by atoms with E-state index >= 15 is 0 Å². The van der Waals surface area contributed by atoms with Gasteiger partial charge in [0.2, 0.25) is 5.91 Å². The van der Waals surface area contributed by atoms with Crippen LogP contribution < -0.4 is 10.6 Å². The average molecular weight is 395 g/mol. The molecule has 2 rings (SSSR count). The molecule has 5 nitrogen and oxygen atoms in total. The fraction of sp³-hybridized carbons (Fsp3) is 0.368. The number of hydrogen-bond acceptors (Lipinski definition) is 4. The maximum atomic E-state index is 12.6. The molecule has 1 aromatic heterocycles. The summed E-state index contributed by atoms with van der Waals surface area (Å²) in [5, 5.41) is 8.15. The van der Waals surface area contributed by atoms with Crippen LogP contribution >= 0.6 is 22.9 Å². The minimum Gasteiger partial charge on any atom is -0.375 e. The molecule has 0 aliphatic heterocycles. The number of carbonyl (C=O) groups excluding carboxylic acids is 2. The second kappa shape index (κ2) is 9.71. The highest BCUT2D eigenvalue weighted by Crippen LogP contribution is 2.19. The maximum Gasteiger partial charge on any atom is 0.262 e. The van der Waals surface area contributed by atoms with E-state index in [-0.39, 0.29) is 23.8 Å². The van der Waals surface area contributed by atoms with Crippen molar-refractivity contribution in [3.63, 3.8) is 0 Å². The summed E-state index contributed by atoms with van der Waals surface area (Å²) in [6, 6.07) is 10.2. The topological polar surface area (TPSA) is 67.4 Å². The van der Waals surface area contributed by atoms with Crippen molar-refractivity contribution in [2.45, 2.75) is 26.0 Å². The number of ether oxygens (including phenoxy) is 1. The Morgan fingerprint density at radius 2 is 1.88 bits per heavy atom. The van der Waals surface area contributed by atoms with Gasteiger partial charge < -0.3 is 15.4 Å². The van der Waals surface area contributed by atoms with E-state index in [2.05, 4.69) is 10.6 Å². The van der Waals surface area contributed by atoms with Gasteiger partial charge in [0, 0.05) is 18.7 Å². The Balaban J connectivity index is 1.98. The highest BCUT2D eigenvalue weighted by atomic mass is 35.5. The first-order valence-corrected chi connectivity index (χ1v) is 9.58. The van der Waals surface area contributed by atoms with E-state index in [9.17, 15) is 9.59 Å². The van der Waals surface area contributed by atoms with Crippen LogP contribution in [-0.2, 0) is 9.53 Å². The third-order valence-corrected chi connectivity index (χ3v) is 5.09. The lowest BCUT2D eigenvalue weighted by Gasteiger charge is -2.23. The Labute approximate surface area is 162 Å². The van der Waals surface area contributed by atoms with Crippen LogP contribution in [0.1, 0.15) is 35.2 Å². The van der Waals surface area contributed by atoms with Crippen LogP contribution in [0, 0.1) is 5.92 Å². The molecular formula is C19H23ClN2O3S. The Morgan fingerprint density at radius 1 is 1.19 bits per heavy atom. The Bertz CT molecular complexity index is 717. The number of carbonyl (C=O) groups is 2. The zero-order valence-electron chi connectivity index (χ0n) is 15.0. The standard InChI is InChI=1S/C19H23ClN2O3S/c1-12(2)17(22-18(23)16-5-4-10-26-16)19(24)21-11-15(25-3)13-6-8-14(20)9-7-13/h4-10,12,15,17H,11H2,1-3H3,(H,21,24)(H,22,23)/t15-,17+/m1/s1. The predicted molar refractivity (Wildman–Crippen MR) is 105 cm³/mol. The van der Waals surface area contributed by atoms with Crippen LogP contribution in [0.4, 0.5) is 0 Å². The van der Waals surface area contributed by atoms with Crippen molar-refractivity contribution in [2.75, 3.05) is 13.7 Å². The highest BCUT2D eigenvalue weighted by molar-refractivity contribution is 7.12. The second-order valence-corrected chi connectivity index (χ2v) is 7.58. The fourth-order valence-electron chi connectivity index (χ4n) is 2.47. The first kappa shape index (κ1) is 20.4. The Morgan fingerprint density at radius 3 is 2.42 bits per heavy atom. The molecule has 0 bridgehead atoms. The van der Waals surface area contributed by atoms with Gasteiger partial charge in [-0.05, 0) is 35.1 Å². The quantitative estimate of drug-likeness (QED) is 0.718. The van der Waals surface area contributed by atoms with Crippen molar-refractivity contribution in [1.82, 2.24) is 10.6 Å². The van der Waals surface area contributed by atoms with Gasteiger partial charge in [-0.15, -0.1) is 11.3 Å². The zero-order chi connectivity index (χ0) is 19.1. The van der Waals surface area contributed by atoms with Crippen molar-refractivity contribution in [2.24, 2.45) is 5.92 Å². The number of nitrogens with one attached hydrogen (secondary N) is 2. The number of hydrogen-bond donors (Lipinski definition) is 2. The molecule has 7 heteroatoms. The molecule has 0 aliphatic rings. The Hall–Kier alpha value is -1.89. The molecule has 2 N–H and O–H groups in total.